The van der Waals surface area contributed by atoms with Gasteiger partial charge < -0.3 is 4.98 Å². The predicted molar refractivity (Wildman–Crippen MR) is 72.2 cm³/mol. The zero-order chi connectivity index (χ0) is 12.4. The highest BCUT2D eigenvalue weighted by atomic mass is 14.6. The lowest BCUT2D eigenvalue weighted by Crippen LogP contribution is -1.96. The predicted octanol–water partition coefficient (Wildman–Crippen LogP) is 3.82. The van der Waals surface area contributed by atoms with Crippen molar-refractivity contribution in [2.75, 3.05) is 0 Å². The maximum absolute atomic E-state index is 9.36. The molecule has 0 bridgehead atoms. The van der Waals surface area contributed by atoms with Crippen LogP contribution in [0.4, 0.5) is 0 Å². The van der Waals surface area contributed by atoms with Crippen molar-refractivity contribution in [2.45, 2.75) is 5.92 Å². The van der Waals surface area contributed by atoms with E-state index >= 15 is 0 Å². The molecule has 86 valence electrons. The molecule has 0 saturated heterocycles. The average Bonchev–Trinajstić information content (AvgIpc) is 2.93. The molecule has 2 heteroatoms. The maximum atomic E-state index is 9.36. The van der Waals surface area contributed by atoms with Gasteiger partial charge in [-0.05, 0) is 34.0 Å². The molecule has 0 spiro atoms. The summed E-state index contributed by atoms with van der Waals surface area (Å²) in [5, 5.41) is 11.7. The lowest BCUT2D eigenvalue weighted by molar-refractivity contribution is 1.04. The van der Waals surface area contributed by atoms with Gasteiger partial charge in [0, 0.05) is 12.4 Å². The van der Waals surface area contributed by atoms with Crippen LogP contribution in [0.25, 0.3) is 10.8 Å². The summed E-state index contributed by atoms with van der Waals surface area (Å²) < 4.78 is 0. The third-order valence-electron chi connectivity index (χ3n) is 3.19. The molecule has 2 aromatic carbocycles. The number of nitrogens with zero attached hydrogens (tertiary/aromatic N) is 1. The Balaban J connectivity index is 2.11. The summed E-state index contributed by atoms with van der Waals surface area (Å²) in [5.41, 5.74) is 2.04. The molecule has 0 fully saturated rings. The molecule has 0 radical (unpaired) electrons. The summed E-state index contributed by atoms with van der Waals surface area (Å²) in [7, 11) is 0. The molecule has 3 rings (SSSR count). The average molecular weight is 232 g/mol. The monoisotopic (exact) mass is 232 g/mol. The Morgan fingerprint density at radius 2 is 1.78 bits per heavy atom. The minimum absolute atomic E-state index is 0.208. The number of fused-ring (bicyclic) bond motifs is 1. The third-order valence-corrected chi connectivity index (χ3v) is 3.19. The first-order valence-electron chi connectivity index (χ1n) is 5.89. The lowest BCUT2D eigenvalue weighted by atomic mass is 9.93. The minimum atomic E-state index is -0.208. The first kappa shape index (κ1) is 10.6. The molecule has 3 aromatic rings. The standard InChI is InChI=1S/C16H12N2/c17-10-16(15-7-8-18-11-15)14-6-5-12-3-1-2-4-13(12)9-14/h1-9,11,16,18H. The van der Waals surface area contributed by atoms with E-state index in [1.165, 1.54) is 10.8 Å². The number of aromatic nitrogens is 1. The van der Waals surface area contributed by atoms with Crippen molar-refractivity contribution in [1.29, 1.82) is 5.26 Å². The van der Waals surface area contributed by atoms with Crippen molar-refractivity contribution < 1.29 is 0 Å². The van der Waals surface area contributed by atoms with Crippen molar-refractivity contribution in [1.82, 2.24) is 4.98 Å². The van der Waals surface area contributed by atoms with E-state index in [1.54, 1.807) is 0 Å². The first-order valence-corrected chi connectivity index (χ1v) is 5.89. The van der Waals surface area contributed by atoms with Gasteiger partial charge >= 0.3 is 0 Å². The lowest BCUT2D eigenvalue weighted by Gasteiger charge is -2.08. The van der Waals surface area contributed by atoms with E-state index in [9.17, 15) is 5.26 Å². The van der Waals surface area contributed by atoms with E-state index in [1.807, 2.05) is 36.7 Å². The molecule has 0 saturated carbocycles. The SMILES string of the molecule is N#CC(c1cc[nH]c1)c1ccc2ccccc2c1. The highest BCUT2D eigenvalue weighted by Crippen LogP contribution is 2.26. The Labute approximate surface area is 106 Å². The Morgan fingerprint density at radius 3 is 2.50 bits per heavy atom. The van der Waals surface area contributed by atoms with E-state index in [4.69, 9.17) is 0 Å². The van der Waals surface area contributed by atoms with E-state index in [0.29, 0.717) is 0 Å². The van der Waals surface area contributed by atoms with Gasteiger partial charge in [0.05, 0.1) is 12.0 Å². The summed E-state index contributed by atoms with van der Waals surface area (Å²) >= 11 is 0. The highest BCUT2D eigenvalue weighted by Gasteiger charge is 2.13. The largest absolute Gasteiger partial charge is 0.367 e. The number of nitrogens with one attached hydrogen (secondary N) is 1. The molecule has 1 N–H and O–H groups in total. The number of hydrogen-bond acceptors (Lipinski definition) is 1. The summed E-state index contributed by atoms with van der Waals surface area (Å²) in [4.78, 5) is 3.00. The van der Waals surface area contributed by atoms with E-state index in [2.05, 4.69) is 35.3 Å². The fourth-order valence-electron chi connectivity index (χ4n) is 2.25. The van der Waals surface area contributed by atoms with Gasteiger partial charge in [-0.3, -0.25) is 0 Å². The topological polar surface area (TPSA) is 39.6 Å². The van der Waals surface area contributed by atoms with Crippen LogP contribution in [-0.4, -0.2) is 4.98 Å². The van der Waals surface area contributed by atoms with Crippen molar-refractivity contribution in [3.05, 3.63) is 72.1 Å². The molecule has 0 amide bonds. The maximum Gasteiger partial charge on any atom is 0.0977 e. The minimum Gasteiger partial charge on any atom is -0.367 e. The smallest absolute Gasteiger partial charge is 0.0977 e. The van der Waals surface area contributed by atoms with Crippen molar-refractivity contribution >= 4 is 10.8 Å². The van der Waals surface area contributed by atoms with Gasteiger partial charge in [-0.15, -0.1) is 0 Å². The van der Waals surface area contributed by atoms with Crippen LogP contribution < -0.4 is 0 Å². The molecular formula is C16H12N2. The number of benzene rings is 2. The second-order valence-electron chi connectivity index (χ2n) is 4.31. The third kappa shape index (κ3) is 1.76. The van der Waals surface area contributed by atoms with E-state index < -0.39 is 0 Å². The zero-order valence-corrected chi connectivity index (χ0v) is 9.80. The Morgan fingerprint density at radius 1 is 0.944 bits per heavy atom. The molecule has 1 unspecified atom stereocenters. The zero-order valence-electron chi connectivity index (χ0n) is 9.80. The van der Waals surface area contributed by atoms with Gasteiger partial charge in [-0.25, -0.2) is 0 Å². The molecule has 1 heterocycles. The van der Waals surface area contributed by atoms with E-state index in [-0.39, 0.29) is 5.92 Å². The van der Waals surface area contributed by atoms with Crippen molar-refractivity contribution in [3.63, 3.8) is 0 Å². The van der Waals surface area contributed by atoms with Crippen LogP contribution in [0.2, 0.25) is 0 Å². The number of rotatable bonds is 2. The van der Waals surface area contributed by atoms with Crippen LogP contribution in [0.1, 0.15) is 17.0 Å². The Bertz CT molecular complexity index is 705. The molecule has 0 aliphatic carbocycles. The number of hydrogen-bond donors (Lipinski definition) is 1. The number of H-pyrrole nitrogens is 1. The second-order valence-corrected chi connectivity index (χ2v) is 4.31. The van der Waals surface area contributed by atoms with Crippen LogP contribution in [0.5, 0.6) is 0 Å². The van der Waals surface area contributed by atoms with Crippen molar-refractivity contribution in [2.24, 2.45) is 0 Å². The van der Waals surface area contributed by atoms with Crippen LogP contribution in [0.3, 0.4) is 0 Å². The molecule has 2 nitrogen and oxygen atoms in total. The number of nitriles is 1. The van der Waals surface area contributed by atoms with Crippen LogP contribution >= 0.6 is 0 Å². The molecule has 1 atom stereocenters. The first-order chi connectivity index (χ1) is 8.88. The Kier molecular flexibility index (Phi) is 2.59. The van der Waals surface area contributed by atoms with Gasteiger partial charge in [0.1, 0.15) is 0 Å². The number of aromatic amines is 1. The molecule has 18 heavy (non-hydrogen) atoms. The summed E-state index contributed by atoms with van der Waals surface area (Å²) in [6.07, 6.45) is 3.73. The van der Waals surface area contributed by atoms with E-state index in [0.717, 1.165) is 11.1 Å². The quantitative estimate of drug-likeness (QED) is 0.716. The summed E-state index contributed by atoms with van der Waals surface area (Å²) in [5.74, 6) is -0.208. The highest BCUT2D eigenvalue weighted by molar-refractivity contribution is 5.83. The normalized spacial score (nSPS) is 12.2. The fourth-order valence-corrected chi connectivity index (χ4v) is 2.25. The molecule has 1 aromatic heterocycles. The van der Waals surface area contributed by atoms with Gasteiger partial charge in [0.25, 0.3) is 0 Å². The second kappa shape index (κ2) is 4.38. The Hall–Kier alpha value is -2.53. The van der Waals surface area contributed by atoms with Crippen LogP contribution in [0.15, 0.2) is 60.9 Å². The van der Waals surface area contributed by atoms with Crippen LogP contribution in [-0.2, 0) is 0 Å². The molecule has 0 aliphatic heterocycles. The summed E-state index contributed by atoms with van der Waals surface area (Å²) in [6, 6.07) is 18.7. The van der Waals surface area contributed by atoms with Crippen LogP contribution in [0, 0.1) is 11.3 Å². The van der Waals surface area contributed by atoms with Gasteiger partial charge in [-0.1, -0.05) is 36.4 Å². The van der Waals surface area contributed by atoms with Gasteiger partial charge in [-0.2, -0.15) is 5.26 Å². The van der Waals surface area contributed by atoms with Crippen molar-refractivity contribution in [3.8, 4) is 6.07 Å². The summed E-state index contributed by atoms with van der Waals surface area (Å²) in [6.45, 7) is 0. The van der Waals surface area contributed by atoms with Gasteiger partial charge in [0.2, 0.25) is 0 Å². The van der Waals surface area contributed by atoms with Gasteiger partial charge in [0.15, 0.2) is 0 Å². The molecule has 0 aliphatic rings. The fraction of sp³-hybridized carbons (Fsp3) is 0.0625. The molecular weight excluding hydrogens is 220 g/mol.